The number of phenols is 1. The first-order chi connectivity index (χ1) is 6.24. The van der Waals surface area contributed by atoms with Crippen molar-refractivity contribution in [2.24, 2.45) is 5.73 Å². The standard InChI is InChI=1S/C9H13FN2O/c10-8-5-7(1-2-9(8)13)6-12-4-3-11/h1-2,5,12-13H,3-4,6,11H2. The largest absolute Gasteiger partial charge is 0.505 e. The lowest BCUT2D eigenvalue weighted by Gasteiger charge is -2.03. The van der Waals surface area contributed by atoms with Gasteiger partial charge in [0.25, 0.3) is 0 Å². The van der Waals surface area contributed by atoms with Crippen molar-refractivity contribution in [3.05, 3.63) is 29.6 Å². The van der Waals surface area contributed by atoms with Crippen LogP contribution in [-0.2, 0) is 6.54 Å². The Morgan fingerprint density at radius 3 is 2.85 bits per heavy atom. The lowest BCUT2D eigenvalue weighted by atomic mass is 10.2. The Bertz CT molecular complexity index is 278. The molecule has 0 aliphatic rings. The second-order valence-corrected chi connectivity index (χ2v) is 2.75. The summed E-state index contributed by atoms with van der Waals surface area (Å²) in [6.45, 7) is 1.82. The SMILES string of the molecule is NCCNCc1ccc(O)c(F)c1. The maximum absolute atomic E-state index is 12.8. The van der Waals surface area contributed by atoms with Crippen LogP contribution in [0.1, 0.15) is 5.56 Å². The van der Waals surface area contributed by atoms with Crippen LogP contribution in [-0.4, -0.2) is 18.2 Å². The van der Waals surface area contributed by atoms with E-state index in [1.165, 1.54) is 12.1 Å². The van der Waals surface area contributed by atoms with Crippen molar-refractivity contribution in [2.45, 2.75) is 6.54 Å². The summed E-state index contributed by atoms with van der Waals surface area (Å²) in [5, 5.41) is 11.9. The number of nitrogens with one attached hydrogen (secondary N) is 1. The van der Waals surface area contributed by atoms with E-state index in [1.54, 1.807) is 6.07 Å². The molecule has 3 nitrogen and oxygen atoms in total. The van der Waals surface area contributed by atoms with E-state index in [0.717, 1.165) is 5.56 Å². The number of rotatable bonds is 4. The third-order valence-corrected chi connectivity index (χ3v) is 1.66. The fraction of sp³-hybridized carbons (Fsp3) is 0.333. The Morgan fingerprint density at radius 1 is 1.46 bits per heavy atom. The van der Waals surface area contributed by atoms with Crippen molar-refractivity contribution in [3.63, 3.8) is 0 Å². The van der Waals surface area contributed by atoms with Crippen molar-refractivity contribution >= 4 is 0 Å². The molecule has 4 N–H and O–H groups in total. The van der Waals surface area contributed by atoms with Gasteiger partial charge in [0.15, 0.2) is 11.6 Å². The molecule has 0 aliphatic heterocycles. The molecule has 4 heteroatoms. The molecule has 1 aromatic carbocycles. The first kappa shape index (κ1) is 9.95. The lowest BCUT2D eigenvalue weighted by molar-refractivity contribution is 0.431. The molecule has 0 unspecified atom stereocenters. The first-order valence-corrected chi connectivity index (χ1v) is 4.12. The quantitative estimate of drug-likeness (QED) is 0.600. The van der Waals surface area contributed by atoms with Gasteiger partial charge in [0, 0.05) is 19.6 Å². The topological polar surface area (TPSA) is 58.3 Å². The average molecular weight is 184 g/mol. The summed E-state index contributed by atoms with van der Waals surface area (Å²) in [6.07, 6.45) is 0. The van der Waals surface area contributed by atoms with Gasteiger partial charge in [-0.2, -0.15) is 0 Å². The molecular weight excluding hydrogens is 171 g/mol. The van der Waals surface area contributed by atoms with Crippen LogP contribution >= 0.6 is 0 Å². The van der Waals surface area contributed by atoms with Crippen LogP contribution in [0.4, 0.5) is 4.39 Å². The molecule has 72 valence electrons. The van der Waals surface area contributed by atoms with Crippen LogP contribution in [0, 0.1) is 5.82 Å². The van der Waals surface area contributed by atoms with E-state index in [2.05, 4.69) is 5.32 Å². The molecule has 0 aromatic heterocycles. The van der Waals surface area contributed by atoms with Gasteiger partial charge in [0.1, 0.15) is 0 Å². The maximum atomic E-state index is 12.8. The molecule has 0 bridgehead atoms. The van der Waals surface area contributed by atoms with Gasteiger partial charge in [0.05, 0.1) is 0 Å². The average Bonchev–Trinajstić information content (AvgIpc) is 2.12. The molecule has 0 amide bonds. The van der Waals surface area contributed by atoms with E-state index in [9.17, 15) is 4.39 Å². The van der Waals surface area contributed by atoms with Crippen molar-refractivity contribution in [3.8, 4) is 5.75 Å². The van der Waals surface area contributed by atoms with E-state index in [-0.39, 0.29) is 5.75 Å². The highest BCUT2D eigenvalue weighted by Crippen LogP contribution is 2.15. The molecule has 1 rings (SSSR count). The number of hydrogen-bond acceptors (Lipinski definition) is 3. The monoisotopic (exact) mass is 184 g/mol. The fourth-order valence-corrected chi connectivity index (χ4v) is 0.995. The molecule has 0 aliphatic carbocycles. The molecule has 0 fully saturated rings. The van der Waals surface area contributed by atoms with Gasteiger partial charge >= 0.3 is 0 Å². The van der Waals surface area contributed by atoms with Crippen LogP contribution in [0.15, 0.2) is 18.2 Å². The van der Waals surface area contributed by atoms with Crippen LogP contribution in [0.2, 0.25) is 0 Å². The summed E-state index contributed by atoms with van der Waals surface area (Å²) in [7, 11) is 0. The normalized spacial score (nSPS) is 10.3. The minimum absolute atomic E-state index is 0.317. The zero-order valence-electron chi connectivity index (χ0n) is 7.26. The molecule has 0 atom stereocenters. The van der Waals surface area contributed by atoms with E-state index in [0.29, 0.717) is 19.6 Å². The van der Waals surface area contributed by atoms with E-state index in [1.807, 2.05) is 0 Å². The Kier molecular flexibility index (Phi) is 3.67. The van der Waals surface area contributed by atoms with Crippen LogP contribution < -0.4 is 11.1 Å². The van der Waals surface area contributed by atoms with Gasteiger partial charge in [0.2, 0.25) is 0 Å². The Morgan fingerprint density at radius 2 is 2.23 bits per heavy atom. The minimum Gasteiger partial charge on any atom is -0.505 e. The van der Waals surface area contributed by atoms with E-state index in [4.69, 9.17) is 10.8 Å². The highest BCUT2D eigenvalue weighted by atomic mass is 19.1. The van der Waals surface area contributed by atoms with Crippen molar-refractivity contribution in [1.82, 2.24) is 5.32 Å². The summed E-state index contributed by atoms with van der Waals surface area (Å²) in [6, 6.07) is 4.32. The molecule has 1 aromatic rings. The van der Waals surface area contributed by atoms with Gasteiger partial charge < -0.3 is 16.2 Å². The predicted molar refractivity (Wildman–Crippen MR) is 48.8 cm³/mol. The number of benzene rings is 1. The predicted octanol–water partition coefficient (Wildman–Crippen LogP) is 0.580. The minimum atomic E-state index is -0.591. The molecule has 0 saturated heterocycles. The van der Waals surface area contributed by atoms with Gasteiger partial charge in [-0.1, -0.05) is 6.07 Å². The summed E-state index contributed by atoms with van der Waals surface area (Å²) in [5.41, 5.74) is 6.07. The van der Waals surface area contributed by atoms with E-state index < -0.39 is 5.82 Å². The fourth-order valence-electron chi connectivity index (χ4n) is 0.995. The summed E-state index contributed by atoms with van der Waals surface area (Å²) in [4.78, 5) is 0. The highest BCUT2D eigenvalue weighted by Gasteiger charge is 2.00. The van der Waals surface area contributed by atoms with Crippen molar-refractivity contribution in [2.75, 3.05) is 13.1 Å². The van der Waals surface area contributed by atoms with Crippen LogP contribution in [0.3, 0.4) is 0 Å². The van der Waals surface area contributed by atoms with E-state index >= 15 is 0 Å². The van der Waals surface area contributed by atoms with Gasteiger partial charge in [-0.25, -0.2) is 4.39 Å². The highest BCUT2D eigenvalue weighted by molar-refractivity contribution is 5.27. The Labute approximate surface area is 76.4 Å². The third-order valence-electron chi connectivity index (χ3n) is 1.66. The smallest absolute Gasteiger partial charge is 0.165 e. The summed E-state index contributed by atoms with van der Waals surface area (Å²) >= 11 is 0. The molecule has 0 saturated carbocycles. The van der Waals surface area contributed by atoms with Crippen LogP contribution in [0.5, 0.6) is 5.75 Å². The Hall–Kier alpha value is -1.13. The maximum Gasteiger partial charge on any atom is 0.165 e. The molecule has 0 spiro atoms. The molecule has 13 heavy (non-hydrogen) atoms. The second-order valence-electron chi connectivity index (χ2n) is 2.75. The third kappa shape index (κ3) is 3.01. The van der Waals surface area contributed by atoms with Crippen LogP contribution in [0.25, 0.3) is 0 Å². The van der Waals surface area contributed by atoms with Gasteiger partial charge in [-0.05, 0) is 17.7 Å². The summed E-state index contributed by atoms with van der Waals surface area (Å²) in [5.74, 6) is -0.908. The van der Waals surface area contributed by atoms with Gasteiger partial charge in [-0.3, -0.25) is 0 Å². The number of nitrogens with two attached hydrogens (primary N) is 1. The lowest BCUT2D eigenvalue weighted by Crippen LogP contribution is -2.21. The van der Waals surface area contributed by atoms with Crippen molar-refractivity contribution < 1.29 is 9.50 Å². The number of phenolic OH excluding ortho intramolecular Hbond substituents is 1. The number of aromatic hydroxyl groups is 1. The zero-order valence-corrected chi connectivity index (χ0v) is 7.26. The molecular formula is C9H13FN2O. The number of hydrogen-bond donors (Lipinski definition) is 3. The second kappa shape index (κ2) is 4.79. The number of halogens is 1. The Balaban J connectivity index is 2.53. The molecule has 0 heterocycles. The first-order valence-electron chi connectivity index (χ1n) is 4.12. The van der Waals surface area contributed by atoms with Gasteiger partial charge in [-0.15, -0.1) is 0 Å². The van der Waals surface area contributed by atoms with Crippen molar-refractivity contribution in [1.29, 1.82) is 0 Å². The summed E-state index contributed by atoms with van der Waals surface area (Å²) < 4.78 is 12.8. The molecule has 0 radical (unpaired) electrons. The zero-order chi connectivity index (χ0) is 9.68.